The Labute approximate surface area is 142 Å². The van der Waals surface area contributed by atoms with Gasteiger partial charge in [-0.05, 0) is 55.3 Å². The molecule has 0 atom stereocenters. The largest absolute Gasteiger partial charge is 0.465 e. The van der Waals surface area contributed by atoms with Crippen LogP contribution in [0.25, 0.3) is 5.57 Å². The molecule has 0 aliphatic rings. The van der Waals surface area contributed by atoms with Crippen LogP contribution in [0.15, 0.2) is 48.5 Å². The standard InChI is InChI=1S/C20H22FNO2/c1-4-5-7-14(2)18-12-15(20(23)24-3)10-11-19(18)22-17-9-6-8-16(21)13-17/h6-13,22H,4-5H2,1-3H3/b14-7-. The number of carbonyl (C=O) groups is 1. The molecule has 0 saturated carbocycles. The third-order valence-electron chi connectivity index (χ3n) is 3.71. The van der Waals surface area contributed by atoms with Crippen LogP contribution in [0.2, 0.25) is 0 Å². The van der Waals surface area contributed by atoms with Gasteiger partial charge >= 0.3 is 5.97 Å². The summed E-state index contributed by atoms with van der Waals surface area (Å²) in [5.74, 6) is -0.678. The molecule has 0 aliphatic heterocycles. The first-order valence-corrected chi connectivity index (χ1v) is 7.97. The van der Waals surface area contributed by atoms with Crippen LogP contribution in [0.3, 0.4) is 0 Å². The number of nitrogens with one attached hydrogen (secondary N) is 1. The molecule has 126 valence electrons. The lowest BCUT2D eigenvalue weighted by Gasteiger charge is -2.14. The first-order chi connectivity index (χ1) is 11.5. The zero-order chi connectivity index (χ0) is 17.5. The molecule has 0 fully saturated rings. The summed E-state index contributed by atoms with van der Waals surface area (Å²) < 4.78 is 18.2. The number of carbonyl (C=O) groups excluding carboxylic acids is 1. The van der Waals surface area contributed by atoms with Crippen LogP contribution in [0, 0.1) is 5.82 Å². The lowest BCUT2D eigenvalue weighted by atomic mass is 10.0. The van der Waals surface area contributed by atoms with E-state index in [0.29, 0.717) is 11.3 Å². The van der Waals surface area contributed by atoms with Crippen LogP contribution in [-0.2, 0) is 4.74 Å². The maximum atomic E-state index is 13.4. The minimum Gasteiger partial charge on any atom is -0.465 e. The van der Waals surface area contributed by atoms with E-state index in [2.05, 4.69) is 18.3 Å². The fraction of sp³-hybridized carbons (Fsp3) is 0.250. The molecular weight excluding hydrogens is 305 g/mol. The highest BCUT2D eigenvalue weighted by Crippen LogP contribution is 2.29. The molecule has 2 aromatic rings. The number of esters is 1. The molecule has 24 heavy (non-hydrogen) atoms. The van der Waals surface area contributed by atoms with Crippen LogP contribution < -0.4 is 5.32 Å². The van der Waals surface area contributed by atoms with Crippen molar-refractivity contribution < 1.29 is 13.9 Å². The Balaban J connectivity index is 2.43. The monoisotopic (exact) mass is 327 g/mol. The lowest BCUT2D eigenvalue weighted by Crippen LogP contribution is -2.03. The van der Waals surface area contributed by atoms with Crippen LogP contribution in [0.5, 0.6) is 0 Å². The Morgan fingerprint density at radius 1 is 1.25 bits per heavy atom. The molecule has 0 amide bonds. The van der Waals surface area contributed by atoms with Gasteiger partial charge in [0.1, 0.15) is 5.82 Å². The van der Waals surface area contributed by atoms with Crippen molar-refractivity contribution in [3.8, 4) is 0 Å². The number of hydrogen-bond acceptors (Lipinski definition) is 3. The van der Waals surface area contributed by atoms with Crippen molar-refractivity contribution in [1.29, 1.82) is 0 Å². The second kappa shape index (κ2) is 8.29. The molecular formula is C20H22FNO2. The Bertz CT molecular complexity index is 753. The molecule has 0 radical (unpaired) electrons. The molecule has 0 heterocycles. The zero-order valence-corrected chi connectivity index (χ0v) is 14.2. The van der Waals surface area contributed by atoms with Crippen LogP contribution in [-0.4, -0.2) is 13.1 Å². The number of anilines is 2. The third-order valence-corrected chi connectivity index (χ3v) is 3.71. The van der Waals surface area contributed by atoms with E-state index < -0.39 is 0 Å². The number of benzene rings is 2. The summed E-state index contributed by atoms with van der Waals surface area (Å²) in [5.41, 5.74) is 3.92. The van der Waals surface area contributed by atoms with Gasteiger partial charge in [0.25, 0.3) is 0 Å². The number of methoxy groups -OCH3 is 1. The van der Waals surface area contributed by atoms with Crippen molar-refractivity contribution >= 4 is 22.9 Å². The molecule has 2 aromatic carbocycles. The van der Waals surface area contributed by atoms with Crippen molar-refractivity contribution in [3.05, 3.63) is 65.5 Å². The van der Waals surface area contributed by atoms with Crippen molar-refractivity contribution in [1.82, 2.24) is 0 Å². The summed E-state index contributed by atoms with van der Waals surface area (Å²) >= 11 is 0. The second-order valence-corrected chi connectivity index (χ2v) is 5.56. The second-order valence-electron chi connectivity index (χ2n) is 5.56. The van der Waals surface area contributed by atoms with Crippen LogP contribution in [0.1, 0.15) is 42.6 Å². The first-order valence-electron chi connectivity index (χ1n) is 7.97. The Kier molecular flexibility index (Phi) is 6.13. The lowest BCUT2D eigenvalue weighted by molar-refractivity contribution is 0.0600. The number of halogens is 1. The van der Waals surface area contributed by atoms with Crippen molar-refractivity contribution in [2.24, 2.45) is 0 Å². The smallest absolute Gasteiger partial charge is 0.337 e. The fourth-order valence-corrected chi connectivity index (χ4v) is 2.42. The highest BCUT2D eigenvalue weighted by Gasteiger charge is 2.11. The SMILES string of the molecule is CCC/C=C(/C)c1cc(C(=O)OC)ccc1Nc1cccc(F)c1. The van der Waals surface area contributed by atoms with Gasteiger partial charge in [-0.25, -0.2) is 9.18 Å². The molecule has 0 aromatic heterocycles. The number of allylic oxidation sites excluding steroid dienone is 2. The van der Waals surface area contributed by atoms with Crippen LogP contribution in [0.4, 0.5) is 15.8 Å². The van der Waals surface area contributed by atoms with Gasteiger partial charge in [-0.3, -0.25) is 0 Å². The molecule has 3 nitrogen and oxygen atoms in total. The highest BCUT2D eigenvalue weighted by atomic mass is 19.1. The molecule has 0 aliphatic carbocycles. The van der Waals surface area contributed by atoms with E-state index in [9.17, 15) is 9.18 Å². The first kappa shape index (κ1) is 17.7. The average Bonchev–Trinajstić information content (AvgIpc) is 2.59. The van der Waals surface area contributed by atoms with Crippen molar-refractivity contribution in [3.63, 3.8) is 0 Å². The van der Waals surface area contributed by atoms with Gasteiger partial charge in [0.2, 0.25) is 0 Å². The number of hydrogen-bond donors (Lipinski definition) is 1. The summed E-state index contributed by atoms with van der Waals surface area (Å²) in [4.78, 5) is 11.8. The fourth-order valence-electron chi connectivity index (χ4n) is 2.42. The van der Waals surface area contributed by atoms with Crippen LogP contribution >= 0.6 is 0 Å². The predicted octanol–water partition coefficient (Wildman–Crippen LogP) is 5.56. The molecule has 0 spiro atoms. The number of ether oxygens (including phenoxy) is 1. The normalized spacial score (nSPS) is 11.2. The van der Waals surface area contributed by atoms with Crippen molar-refractivity contribution in [2.75, 3.05) is 12.4 Å². The van der Waals surface area contributed by atoms with Gasteiger partial charge in [0.15, 0.2) is 0 Å². The topological polar surface area (TPSA) is 38.3 Å². The van der Waals surface area contributed by atoms with Crippen molar-refractivity contribution in [2.45, 2.75) is 26.7 Å². The number of unbranched alkanes of at least 4 members (excludes halogenated alkanes) is 1. The summed E-state index contributed by atoms with van der Waals surface area (Å²) in [6.07, 6.45) is 4.13. The van der Waals surface area contributed by atoms with Gasteiger partial charge < -0.3 is 10.1 Å². The summed E-state index contributed by atoms with van der Waals surface area (Å²) in [6, 6.07) is 11.6. The maximum absolute atomic E-state index is 13.4. The van der Waals surface area contributed by atoms with E-state index in [1.54, 1.807) is 24.3 Å². The van der Waals surface area contributed by atoms with Gasteiger partial charge in [-0.15, -0.1) is 0 Å². The summed E-state index contributed by atoms with van der Waals surface area (Å²) in [6.45, 7) is 4.11. The van der Waals surface area contributed by atoms with E-state index in [0.717, 1.165) is 29.7 Å². The molecule has 0 bridgehead atoms. The van der Waals surface area contributed by atoms with E-state index in [-0.39, 0.29) is 11.8 Å². The number of rotatable bonds is 6. The molecule has 4 heteroatoms. The quantitative estimate of drug-likeness (QED) is 0.706. The van der Waals surface area contributed by atoms with Gasteiger partial charge in [0, 0.05) is 16.9 Å². The molecule has 1 N–H and O–H groups in total. The van der Waals surface area contributed by atoms with E-state index in [1.165, 1.54) is 19.2 Å². The van der Waals surface area contributed by atoms with Gasteiger partial charge in [-0.2, -0.15) is 0 Å². The third kappa shape index (κ3) is 4.44. The summed E-state index contributed by atoms with van der Waals surface area (Å²) in [7, 11) is 1.36. The Hall–Kier alpha value is -2.62. The minimum absolute atomic E-state index is 0.300. The Morgan fingerprint density at radius 3 is 2.71 bits per heavy atom. The maximum Gasteiger partial charge on any atom is 0.337 e. The zero-order valence-electron chi connectivity index (χ0n) is 14.2. The molecule has 0 saturated heterocycles. The minimum atomic E-state index is -0.378. The molecule has 0 unspecified atom stereocenters. The highest BCUT2D eigenvalue weighted by molar-refractivity contribution is 5.92. The average molecular weight is 327 g/mol. The van der Waals surface area contributed by atoms with E-state index >= 15 is 0 Å². The molecule has 2 rings (SSSR count). The van der Waals surface area contributed by atoms with E-state index in [1.807, 2.05) is 13.0 Å². The predicted molar refractivity (Wildman–Crippen MR) is 96.0 cm³/mol. The summed E-state index contributed by atoms with van der Waals surface area (Å²) in [5, 5.41) is 3.22. The van der Waals surface area contributed by atoms with Gasteiger partial charge in [0.05, 0.1) is 12.7 Å². The van der Waals surface area contributed by atoms with Gasteiger partial charge in [-0.1, -0.05) is 25.5 Å². The van der Waals surface area contributed by atoms with E-state index in [4.69, 9.17) is 4.74 Å². The Morgan fingerprint density at radius 2 is 2.04 bits per heavy atom.